The van der Waals surface area contributed by atoms with Crippen LogP contribution >= 0.6 is 12.2 Å². The molecule has 1 aromatic rings. The molecule has 0 aromatic heterocycles. The molecule has 2 aliphatic rings. The Hall–Kier alpha value is -2.08. The maximum absolute atomic E-state index is 12.8. The summed E-state index contributed by atoms with van der Waals surface area (Å²) in [6.07, 6.45) is 7.35. The first-order valence-corrected chi connectivity index (χ1v) is 8.63. The molecule has 24 heavy (non-hydrogen) atoms. The van der Waals surface area contributed by atoms with Gasteiger partial charge in [-0.15, -0.1) is 0 Å². The number of benzene rings is 1. The Kier molecular flexibility index (Phi) is 5.04. The Labute approximate surface area is 147 Å². The second kappa shape index (κ2) is 7.21. The summed E-state index contributed by atoms with van der Waals surface area (Å²) in [7, 11) is 3.21. The van der Waals surface area contributed by atoms with Crippen LogP contribution in [-0.2, 0) is 4.79 Å². The van der Waals surface area contributed by atoms with Gasteiger partial charge < -0.3 is 14.8 Å². The van der Waals surface area contributed by atoms with Gasteiger partial charge in [0.2, 0.25) is 0 Å². The Balaban J connectivity index is 1.88. The monoisotopic (exact) mass is 346 g/mol. The fourth-order valence-corrected chi connectivity index (χ4v) is 3.67. The summed E-state index contributed by atoms with van der Waals surface area (Å²) in [6.45, 7) is 0. The number of rotatable bonds is 4. The standard InChI is InChI=1S/C18H22N2O3S/c1-22-14-8-9-16(23-2)12(10-14)11-15-17(21)20(18(24)19-15)13-6-4-3-5-7-13/h8-11,13H,3-7H2,1-2H3,(H,19,24)/b15-11+. The minimum Gasteiger partial charge on any atom is -0.497 e. The molecule has 3 rings (SSSR count). The molecule has 5 nitrogen and oxygen atoms in total. The Bertz CT molecular complexity index is 681. The van der Waals surface area contributed by atoms with Crippen LogP contribution in [0.1, 0.15) is 37.7 Å². The summed E-state index contributed by atoms with van der Waals surface area (Å²) in [5, 5.41) is 3.56. The van der Waals surface area contributed by atoms with Crippen LogP contribution in [0.3, 0.4) is 0 Å². The van der Waals surface area contributed by atoms with Gasteiger partial charge in [0.25, 0.3) is 5.91 Å². The number of amides is 1. The molecule has 1 saturated heterocycles. The fraction of sp³-hybridized carbons (Fsp3) is 0.444. The van der Waals surface area contributed by atoms with Crippen molar-refractivity contribution in [2.45, 2.75) is 38.1 Å². The first-order valence-electron chi connectivity index (χ1n) is 8.22. The van der Waals surface area contributed by atoms with E-state index in [4.69, 9.17) is 21.7 Å². The molecule has 128 valence electrons. The topological polar surface area (TPSA) is 50.8 Å². The minimum atomic E-state index is -0.0585. The van der Waals surface area contributed by atoms with E-state index in [2.05, 4.69) is 5.32 Å². The predicted molar refractivity (Wildman–Crippen MR) is 97.0 cm³/mol. The van der Waals surface area contributed by atoms with Crippen LogP contribution < -0.4 is 14.8 Å². The Morgan fingerprint density at radius 1 is 1.21 bits per heavy atom. The second-order valence-electron chi connectivity index (χ2n) is 6.06. The first-order chi connectivity index (χ1) is 11.6. The zero-order valence-corrected chi connectivity index (χ0v) is 14.8. The Morgan fingerprint density at radius 2 is 1.96 bits per heavy atom. The Morgan fingerprint density at radius 3 is 2.62 bits per heavy atom. The molecule has 0 spiro atoms. The van der Waals surface area contributed by atoms with E-state index in [1.807, 2.05) is 18.2 Å². The third-order valence-electron chi connectivity index (χ3n) is 4.59. The number of carbonyl (C=O) groups excluding carboxylic acids is 1. The number of carbonyl (C=O) groups is 1. The zero-order chi connectivity index (χ0) is 17.1. The molecular formula is C18H22N2O3S. The average Bonchev–Trinajstić information content (AvgIpc) is 2.89. The van der Waals surface area contributed by atoms with Gasteiger partial charge >= 0.3 is 0 Å². The highest BCUT2D eigenvalue weighted by molar-refractivity contribution is 7.80. The minimum absolute atomic E-state index is 0.0585. The number of methoxy groups -OCH3 is 2. The average molecular weight is 346 g/mol. The van der Waals surface area contributed by atoms with Crippen molar-refractivity contribution in [2.75, 3.05) is 14.2 Å². The van der Waals surface area contributed by atoms with Crippen molar-refractivity contribution in [2.24, 2.45) is 0 Å². The smallest absolute Gasteiger partial charge is 0.276 e. The summed E-state index contributed by atoms with van der Waals surface area (Å²) in [5.74, 6) is 1.33. The van der Waals surface area contributed by atoms with E-state index < -0.39 is 0 Å². The van der Waals surface area contributed by atoms with E-state index in [0.29, 0.717) is 22.3 Å². The number of nitrogens with zero attached hydrogens (tertiary/aromatic N) is 1. The van der Waals surface area contributed by atoms with Crippen LogP contribution in [0.5, 0.6) is 11.5 Å². The molecule has 1 aliphatic heterocycles. The van der Waals surface area contributed by atoms with Crippen LogP contribution in [0.15, 0.2) is 23.9 Å². The van der Waals surface area contributed by atoms with E-state index in [0.717, 1.165) is 31.2 Å². The summed E-state index contributed by atoms with van der Waals surface area (Å²) in [5.41, 5.74) is 1.26. The van der Waals surface area contributed by atoms with Crippen LogP contribution in [0.25, 0.3) is 6.08 Å². The van der Waals surface area contributed by atoms with Gasteiger partial charge in [0, 0.05) is 11.6 Å². The van der Waals surface area contributed by atoms with Crippen molar-refractivity contribution in [1.82, 2.24) is 10.2 Å². The fourth-order valence-electron chi connectivity index (χ4n) is 3.33. The van der Waals surface area contributed by atoms with Gasteiger partial charge in [0.1, 0.15) is 17.2 Å². The first kappa shape index (κ1) is 16.8. The lowest BCUT2D eigenvalue weighted by molar-refractivity contribution is -0.124. The van der Waals surface area contributed by atoms with Gasteiger partial charge in [-0.1, -0.05) is 19.3 Å². The number of hydrogen-bond donors (Lipinski definition) is 1. The second-order valence-corrected chi connectivity index (χ2v) is 6.45. The highest BCUT2D eigenvalue weighted by Crippen LogP contribution is 2.29. The third-order valence-corrected chi connectivity index (χ3v) is 4.88. The lowest BCUT2D eigenvalue weighted by Crippen LogP contribution is -2.41. The predicted octanol–water partition coefficient (Wildman–Crippen LogP) is 3.09. The highest BCUT2D eigenvalue weighted by atomic mass is 32.1. The molecule has 1 N–H and O–H groups in total. The van der Waals surface area contributed by atoms with Gasteiger partial charge in [-0.3, -0.25) is 9.69 Å². The van der Waals surface area contributed by atoms with Crippen molar-refractivity contribution in [3.63, 3.8) is 0 Å². The highest BCUT2D eigenvalue weighted by Gasteiger charge is 2.36. The van der Waals surface area contributed by atoms with Gasteiger partial charge in [-0.05, 0) is 49.3 Å². The summed E-state index contributed by atoms with van der Waals surface area (Å²) >= 11 is 5.40. The maximum Gasteiger partial charge on any atom is 0.276 e. The number of ether oxygens (including phenoxy) is 2. The van der Waals surface area contributed by atoms with Gasteiger partial charge in [-0.25, -0.2) is 0 Å². The van der Waals surface area contributed by atoms with Gasteiger partial charge in [0.15, 0.2) is 5.11 Å². The van der Waals surface area contributed by atoms with E-state index >= 15 is 0 Å². The zero-order valence-electron chi connectivity index (χ0n) is 14.0. The molecular weight excluding hydrogens is 324 g/mol. The third kappa shape index (κ3) is 3.24. The SMILES string of the molecule is COc1ccc(OC)c(/C=C2/NC(=S)N(C3CCCCC3)C2=O)c1. The molecule has 6 heteroatoms. The molecule has 1 aliphatic carbocycles. The lowest BCUT2D eigenvalue weighted by Gasteiger charge is -2.29. The van der Waals surface area contributed by atoms with Crippen molar-refractivity contribution in [1.29, 1.82) is 0 Å². The molecule has 1 saturated carbocycles. The largest absolute Gasteiger partial charge is 0.497 e. The summed E-state index contributed by atoms with van der Waals surface area (Å²) in [4.78, 5) is 14.6. The van der Waals surface area contributed by atoms with Gasteiger partial charge in [-0.2, -0.15) is 0 Å². The molecule has 0 unspecified atom stereocenters. The van der Waals surface area contributed by atoms with E-state index in [9.17, 15) is 4.79 Å². The summed E-state index contributed by atoms with van der Waals surface area (Å²) < 4.78 is 10.6. The van der Waals surface area contributed by atoms with Crippen LogP contribution in [0.4, 0.5) is 0 Å². The maximum atomic E-state index is 12.8. The molecule has 1 aromatic carbocycles. The molecule has 0 bridgehead atoms. The van der Waals surface area contributed by atoms with E-state index in [-0.39, 0.29) is 11.9 Å². The van der Waals surface area contributed by atoms with Crippen LogP contribution in [0, 0.1) is 0 Å². The molecule has 0 radical (unpaired) electrons. The quantitative estimate of drug-likeness (QED) is 0.671. The van der Waals surface area contributed by atoms with Crippen LogP contribution in [-0.4, -0.2) is 36.2 Å². The number of nitrogens with one attached hydrogen (secondary N) is 1. The normalized spacial score (nSPS) is 20.4. The van der Waals surface area contributed by atoms with Crippen molar-refractivity contribution in [3.05, 3.63) is 29.5 Å². The molecule has 0 atom stereocenters. The van der Waals surface area contributed by atoms with E-state index in [1.165, 1.54) is 6.42 Å². The van der Waals surface area contributed by atoms with Crippen molar-refractivity contribution in [3.8, 4) is 11.5 Å². The van der Waals surface area contributed by atoms with Crippen molar-refractivity contribution >= 4 is 29.3 Å². The molecule has 2 fully saturated rings. The van der Waals surface area contributed by atoms with Crippen LogP contribution in [0.2, 0.25) is 0 Å². The van der Waals surface area contributed by atoms with Gasteiger partial charge in [0.05, 0.1) is 14.2 Å². The van der Waals surface area contributed by atoms with E-state index in [1.54, 1.807) is 25.2 Å². The number of thiocarbonyl (C=S) groups is 1. The molecule has 1 amide bonds. The van der Waals surface area contributed by atoms with Crippen molar-refractivity contribution < 1.29 is 14.3 Å². The summed E-state index contributed by atoms with van der Waals surface area (Å²) in [6, 6.07) is 5.70. The lowest BCUT2D eigenvalue weighted by atomic mass is 9.94. The molecule has 1 heterocycles. The number of hydrogen-bond acceptors (Lipinski definition) is 4.